The third-order valence-electron chi connectivity index (χ3n) is 4.47. The molecule has 0 aromatic heterocycles. The van der Waals surface area contributed by atoms with Crippen molar-refractivity contribution in [3.8, 4) is 12.3 Å². The molecule has 17 heavy (non-hydrogen) atoms. The summed E-state index contributed by atoms with van der Waals surface area (Å²) in [7, 11) is 0. The van der Waals surface area contributed by atoms with Gasteiger partial charge in [-0.15, -0.1) is 6.42 Å². The molecule has 2 unspecified atom stereocenters. The Bertz CT molecular complexity index is 263. The largest absolute Gasteiger partial charge is 0.312 e. The first-order valence-electron chi connectivity index (χ1n) is 7.25. The average Bonchev–Trinajstić information content (AvgIpc) is 2.64. The topological polar surface area (TPSA) is 15.3 Å². The molecule has 2 fully saturated rings. The van der Waals surface area contributed by atoms with Crippen molar-refractivity contribution in [2.45, 2.75) is 57.5 Å². The highest BCUT2D eigenvalue weighted by atomic mass is 15.2. The molecular formula is C15H26N2. The van der Waals surface area contributed by atoms with Crippen LogP contribution in [0.1, 0.15) is 45.4 Å². The van der Waals surface area contributed by atoms with Gasteiger partial charge in [-0.1, -0.05) is 25.2 Å². The van der Waals surface area contributed by atoms with E-state index in [9.17, 15) is 0 Å². The van der Waals surface area contributed by atoms with Gasteiger partial charge in [-0.25, -0.2) is 0 Å². The van der Waals surface area contributed by atoms with Gasteiger partial charge in [0.25, 0.3) is 0 Å². The summed E-state index contributed by atoms with van der Waals surface area (Å²) in [6, 6.07) is 0.967. The molecule has 0 radical (unpaired) electrons. The van der Waals surface area contributed by atoms with Gasteiger partial charge in [0.15, 0.2) is 0 Å². The fraction of sp³-hybridized carbons (Fsp3) is 0.867. The molecule has 0 bridgehead atoms. The summed E-state index contributed by atoms with van der Waals surface area (Å²) in [6.07, 6.45) is 13.9. The molecule has 96 valence electrons. The summed E-state index contributed by atoms with van der Waals surface area (Å²) in [5.41, 5.74) is 0. The Labute approximate surface area is 106 Å². The zero-order valence-corrected chi connectivity index (χ0v) is 11.1. The maximum absolute atomic E-state index is 5.57. The lowest BCUT2D eigenvalue weighted by Crippen LogP contribution is -2.45. The Balaban J connectivity index is 1.94. The molecule has 2 rings (SSSR count). The quantitative estimate of drug-likeness (QED) is 0.737. The van der Waals surface area contributed by atoms with Gasteiger partial charge < -0.3 is 5.32 Å². The SMILES string of the molecule is C#CC(C)N1CCCNC(C2CCCCC2)C1. The van der Waals surface area contributed by atoms with Crippen LogP contribution in [0.3, 0.4) is 0 Å². The second-order valence-corrected chi connectivity index (χ2v) is 5.65. The van der Waals surface area contributed by atoms with Gasteiger partial charge in [0.1, 0.15) is 0 Å². The van der Waals surface area contributed by atoms with E-state index in [-0.39, 0.29) is 0 Å². The van der Waals surface area contributed by atoms with Crippen LogP contribution in [0, 0.1) is 18.3 Å². The van der Waals surface area contributed by atoms with E-state index in [1.54, 1.807) is 0 Å². The number of rotatable bonds is 2. The van der Waals surface area contributed by atoms with Crippen LogP contribution in [-0.4, -0.2) is 36.6 Å². The van der Waals surface area contributed by atoms with Crippen LogP contribution < -0.4 is 5.32 Å². The maximum atomic E-state index is 5.57. The standard InChI is InChI=1S/C15H26N2/c1-3-13(2)17-11-7-10-16-15(12-17)14-8-5-4-6-9-14/h1,13-16H,4-12H2,2H3. The van der Waals surface area contributed by atoms with Crippen LogP contribution in [0.5, 0.6) is 0 Å². The molecule has 0 spiro atoms. The van der Waals surface area contributed by atoms with Crippen molar-refractivity contribution < 1.29 is 0 Å². The normalized spacial score (nSPS) is 30.5. The van der Waals surface area contributed by atoms with Crippen molar-refractivity contribution in [3.63, 3.8) is 0 Å². The first kappa shape index (κ1) is 12.9. The Kier molecular flexibility index (Phi) is 4.88. The van der Waals surface area contributed by atoms with E-state index >= 15 is 0 Å². The van der Waals surface area contributed by atoms with Crippen LogP contribution in [0.4, 0.5) is 0 Å². The minimum absolute atomic E-state index is 0.293. The molecule has 1 saturated carbocycles. The zero-order valence-electron chi connectivity index (χ0n) is 11.1. The second-order valence-electron chi connectivity index (χ2n) is 5.65. The number of hydrogen-bond acceptors (Lipinski definition) is 2. The summed E-state index contributed by atoms with van der Waals surface area (Å²) in [5.74, 6) is 3.77. The molecule has 1 aliphatic heterocycles. The minimum Gasteiger partial charge on any atom is -0.312 e. The van der Waals surface area contributed by atoms with E-state index in [0.29, 0.717) is 12.1 Å². The second kappa shape index (κ2) is 6.42. The fourth-order valence-electron chi connectivity index (χ4n) is 3.29. The van der Waals surface area contributed by atoms with E-state index in [4.69, 9.17) is 6.42 Å². The number of hydrogen-bond donors (Lipinski definition) is 1. The van der Waals surface area contributed by atoms with Gasteiger partial charge >= 0.3 is 0 Å². The van der Waals surface area contributed by atoms with Crippen molar-refractivity contribution in [2.75, 3.05) is 19.6 Å². The number of nitrogens with zero attached hydrogens (tertiary/aromatic N) is 1. The van der Waals surface area contributed by atoms with Crippen LogP contribution in [0.2, 0.25) is 0 Å². The highest BCUT2D eigenvalue weighted by Gasteiger charge is 2.27. The highest BCUT2D eigenvalue weighted by molar-refractivity contribution is 4.99. The van der Waals surface area contributed by atoms with Gasteiger partial charge in [0.05, 0.1) is 6.04 Å². The smallest absolute Gasteiger partial charge is 0.0683 e. The van der Waals surface area contributed by atoms with Crippen LogP contribution in [0.15, 0.2) is 0 Å². The van der Waals surface area contributed by atoms with Crippen molar-refractivity contribution in [2.24, 2.45) is 5.92 Å². The summed E-state index contributed by atoms with van der Waals surface area (Å²) < 4.78 is 0. The lowest BCUT2D eigenvalue weighted by atomic mass is 9.83. The first-order valence-corrected chi connectivity index (χ1v) is 7.25. The third-order valence-corrected chi connectivity index (χ3v) is 4.47. The third kappa shape index (κ3) is 3.47. The number of nitrogens with one attached hydrogen (secondary N) is 1. The molecule has 2 aliphatic rings. The fourth-order valence-corrected chi connectivity index (χ4v) is 3.29. The van der Waals surface area contributed by atoms with Gasteiger partial charge in [0, 0.05) is 19.1 Å². The summed E-state index contributed by atoms with van der Waals surface area (Å²) in [5, 5.41) is 3.75. The first-order chi connectivity index (χ1) is 8.31. The van der Waals surface area contributed by atoms with E-state index in [2.05, 4.69) is 23.1 Å². The summed E-state index contributed by atoms with van der Waals surface area (Å²) in [4.78, 5) is 2.49. The van der Waals surface area contributed by atoms with E-state index in [1.165, 1.54) is 38.5 Å². The molecule has 1 aliphatic carbocycles. The van der Waals surface area contributed by atoms with Crippen LogP contribution in [-0.2, 0) is 0 Å². The minimum atomic E-state index is 0.293. The molecule has 0 aromatic rings. The summed E-state index contributed by atoms with van der Waals surface area (Å²) in [6.45, 7) is 5.62. The predicted molar refractivity (Wildman–Crippen MR) is 72.9 cm³/mol. The van der Waals surface area contributed by atoms with Crippen LogP contribution in [0.25, 0.3) is 0 Å². The van der Waals surface area contributed by atoms with E-state index in [1.807, 2.05) is 0 Å². The molecule has 2 heteroatoms. The maximum Gasteiger partial charge on any atom is 0.0683 e. The molecule has 1 heterocycles. The van der Waals surface area contributed by atoms with Crippen molar-refractivity contribution >= 4 is 0 Å². The lowest BCUT2D eigenvalue weighted by Gasteiger charge is -2.34. The summed E-state index contributed by atoms with van der Waals surface area (Å²) >= 11 is 0. The van der Waals surface area contributed by atoms with E-state index < -0.39 is 0 Å². The molecule has 1 saturated heterocycles. The Morgan fingerprint density at radius 1 is 1.24 bits per heavy atom. The molecule has 2 nitrogen and oxygen atoms in total. The van der Waals surface area contributed by atoms with Gasteiger partial charge in [-0.2, -0.15) is 0 Å². The Morgan fingerprint density at radius 3 is 2.71 bits per heavy atom. The lowest BCUT2D eigenvalue weighted by molar-refractivity contribution is 0.192. The highest BCUT2D eigenvalue weighted by Crippen LogP contribution is 2.27. The van der Waals surface area contributed by atoms with Crippen LogP contribution >= 0.6 is 0 Å². The van der Waals surface area contributed by atoms with Crippen molar-refractivity contribution in [1.82, 2.24) is 10.2 Å². The van der Waals surface area contributed by atoms with Crippen molar-refractivity contribution in [1.29, 1.82) is 0 Å². The Hall–Kier alpha value is -0.520. The molecule has 0 aromatic carbocycles. The van der Waals surface area contributed by atoms with Crippen molar-refractivity contribution in [3.05, 3.63) is 0 Å². The zero-order chi connectivity index (χ0) is 12.1. The van der Waals surface area contributed by atoms with E-state index in [0.717, 1.165) is 25.6 Å². The van der Waals surface area contributed by atoms with Gasteiger partial charge in [-0.05, 0) is 38.6 Å². The number of terminal acetylenes is 1. The van der Waals surface area contributed by atoms with Gasteiger partial charge in [-0.3, -0.25) is 4.90 Å². The molecule has 0 amide bonds. The monoisotopic (exact) mass is 234 g/mol. The molecule has 2 atom stereocenters. The molecular weight excluding hydrogens is 208 g/mol. The Morgan fingerprint density at radius 2 is 2.00 bits per heavy atom. The predicted octanol–water partition coefficient (Wildman–Crippen LogP) is 2.25. The van der Waals surface area contributed by atoms with Gasteiger partial charge in [0.2, 0.25) is 0 Å². The average molecular weight is 234 g/mol. The molecule has 1 N–H and O–H groups in total.